The lowest BCUT2D eigenvalue weighted by Gasteiger charge is -2.15. The van der Waals surface area contributed by atoms with Gasteiger partial charge in [0, 0.05) is 20.1 Å². The molecule has 0 saturated carbocycles. The quantitative estimate of drug-likeness (QED) is 0.801. The smallest absolute Gasteiger partial charge is 0.308 e. The molecule has 1 aliphatic heterocycles. The Morgan fingerprint density at radius 1 is 1.53 bits per heavy atom. The maximum atomic E-state index is 12.1. The van der Waals surface area contributed by atoms with Gasteiger partial charge in [0.2, 0.25) is 0 Å². The average Bonchev–Trinajstić information content (AvgIpc) is 2.84. The van der Waals surface area contributed by atoms with Crippen LogP contribution in [-0.4, -0.2) is 44.8 Å². The molecule has 2 heterocycles. The normalized spacial score (nSPS) is 19.6. The van der Waals surface area contributed by atoms with Crippen molar-refractivity contribution >= 4 is 11.9 Å². The van der Waals surface area contributed by atoms with Crippen molar-refractivity contribution in [2.24, 2.45) is 13.0 Å². The van der Waals surface area contributed by atoms with Crippen molar-refractivity contribution in [2.75, 3.05) is 13.1 Å². The number of likely N-dealkylation sites (tertiary alicyclic amines) is 1. The van der Waals surface area contributed by atoms with Gasteiger partial charge < -0.3 is 10.0 Å². The first-order valence-electron chi connectivity index (χ1n) is 5.51. The molecule has 0 bridgehead atoms. The highest BCUT2D eigenvalue weighted by Gasteiger charge is 2.32. The minimum absolute atomic E-state index is 0.142. The summed E-state index contributed by atoms with van der Waals surface area (Å²) in [4.78, 5) is 24.5. The predicted octanol–water partition coefficient (Wildman–Crippen LogP) is 0.275. The fourth-order valence-corrected chi connectivity index (χ4v) is 2.12. The molecule has 17 heavy (non-hydrogen) atoms. The van der Waals surface area contributed by atoms with Crippen LogP contribution < -0.4 is 0 Å². The van der Waals surface area contributed by atoms with E-state index in [4.69, 9.17) is 5.11 Å². The van der Waals surface area contributed by atoms with Crippen LogP contribution in [0.2, 0.25) is 0 Å². The van der Waals surface area contributed by atoms with E-state index in [1.807, 2.05) is 6.92 Å². The number of rotatable bonds is 2. The summed E-state index contributed by atoms with van der Waals surface area (Å²) < 4.78 is 1.53. The van der Waals surface area contributed by atoms with Crippen molar-refractivity contribution in [1.82, 2.24) is 14.7 Å². The lowest BCUT2D eigenvalue weighted by Crippen LogP contribution is -2.31. The Morgan fingerprint density at radius 3 is 2.71 bits per heavy atom. The largest absolute Gasteiger partial charge is 0.481 e. The number of carboxylic acids is 1. The van der Waals surface area contributed by atoms with E-state index in [-0.39, 0.29) is 5.91 Å². The zero-order valence-corrected chi connectivity index (χ0v) is 9.88. The Balaban J connectivity index is 2.12. The summed E-state index contributed by atoms with van der Waals surface area (Å²) in [5.74, 6) is -1.41. The van der Waals surface area contributed by atoms with E-state index in [1.165, 1.54) is 4.68 Å². The van der Waals surface area contributed by atoms with Gasteiger partial charge >= 0.3 is 5.97 Å². The number of aliphatic carboxylic acids is 1. The topological polar surface area (TPSA) is 75.4 Å². The second kappa shape index (κ2) is 4.20. The molecular formula is C11H15N3O3. The molecular weight excluding hydrogens is 222 g/mol. The molecule has 0 aromatic carbocycles. The van der Waals surface area contributed by atoms with Crippen LogP contribution >= 0.6 is 0 Å². The minimum Gasteiger partial charge on any atom is -0.481 e. The maximum absolute atomic E-state index is 12.1. The molecule has 0 radical (unpaired) electrons. The first-order chi connectivity index (χ1) is 7.99. The standard InChI is InChI=1S/C11H15N3O3/c1-7-5-9(13(2)12-7)10(15)14-4-3-8(6-14)11(16)17/h5,8H,3-4,6H2,1-2H3,(H,16,17)/t8-/m0/s1. The van der Waals surface area contributed by atoms with Crippen LogP contribution in [0, 0.1) is 12.8 Å². The average molecular weight is 237 g/mol. The first-order valence-corrected chi connectivity index (χ1v) is 5.51. The molecule has 1 N–H and O–H groups in total. The van der Waals surface area contributed by atoms with Gasteiger partial charge in [0.25, 0.3) is 5.91 Å². The van der Waals surface area contributed by atoms with Crippen molar-refractivity contribution in [1.29, 1.82) is 0 Å². The first kappa shape index (κ1) is 11.6. The second-order valence-electron chi connectivity index (χ2n) is 4.37. The highest BCUT2D eigenvalue weighted by atomic mass is 16.4. The molecule has 1 aliphatic rings. The SMILES string of the molecule is Cc1cc(C(=O)N2CC[C@H](C(=O)O)C2)n(C)n1. The van der Waals surface area contributed by atoms with Gasteiger partial charge in [-0.15, -0.1) is 0 Å². The summed E-state index contributed by atoms with van der Waals surface area (Å²) in [5, 5.41) is 13.0. The molecule has 1 amide bonds. The van der Waals surface area contributed by atoms with Crippen molar-refractivity contribution in [3.8, 4) is 0 Å². The maximum Gasteiger partial charge on any atom is 0.308 e. The molecule has 1 aromatic rings. The van der Waals surface area contributed by atoms with E-state index < -0.39 is 11.9 Å². The third-order valence-corrected chi connectivity index (χ3v) is 3.05. The molecule has 6 nitrogen and oxygen atoms in total. The Labute approximate surface area is 98.8 Å². The zero-order chi connectivity index (χ0) is 12.6. The van der Waals surface area contributed by atoms with E-state index in [9.17, 15) is 9.59 Å². The van der Waals surface area contributed by atoms with Gasteiger partial charge in [0.15, 0.2) is 0 Å². The molecule has 92 valence electrons. The molecule has 0 aliphatic carbocycles. The fraction of sp³-hybridized carbons (Fsp3) is 0.545. The van der Waals surface area contributed by atoms with Gasteiger partial charge in [-0.2, -0.15) is 5.10 Å². The summed E-state index contributed by atoms with van der Waals surface area (Å²) in [6.07, 6.45) is 0.526. The number of hydrogen-bond acceptors (Lipinski definition) is 3. The third kappa shape index (κ3) is 2.15. The lowest BCUT2D eigenvalue weighted by atomic mass is 10.1. The van der Waals surface area contributed by atoms with E-state index >= 15 is 0 Å². The number of carbonyl (C=O) groups is 2. The zero-order valence-electron chi connectivity index (χ0n) is 9.88. The summed E-state index contributed by atoms with van der Waals surface area (Å²) in [6.45, 7) is 2.61. The van der Waals surface area contributed by atoms with E-state index in [1.54, 1.807) is 18.0 Å². The van der Waals surface area contributed by atoms with Crippen LogP contribution in [0.25, 0.3) is 0 Å². The van der Waals surface area contributed by atoms with Gasteiger partial charge in [-0.05, 0) is 19.4 Å². The van der Waals surface area contributed by atoms with Crippen LogP contribution in [0.3, 0.4) is 0 Å². The molecule has 0 spiro atoms. The number of aryl methyl sites for hydroxylation is 2. The van der Waals surface area contributed by atoms with Crippen LogP contribution in [0.4, 0.5) is 0 Å². The third-order valence-electron chi connectivity index (χ3n) is 3.05. The number of nitrogens with zero attached hydrogens (tertiary/aromatic N) is 3. The number of amides is 1. The Hall–Kier alpha value is -1.85. The van der Waals surface area contributed by atoms with Crippen molar-refractivity contribution in [2.45, 2.75) is 13.3 Å². The summed E-state index contributed by atoms with van der Waals surface area (Å²) in [5.41, 5.74) is 1.29. The Bertz CT molecular complexity index is 467. The Kier molecular flexibility index (Phi) is 2.87. The molecule has 6 heteroatoms. The number of carbonyl (C=O) groups excluding carboxylic acids is 1. The van der Waals surface area contributed by atoms with Crippen LogP contribution in [0.5, 0.6) is 0 Å². The van der Waals surface area contributed by atoms with Crippen molar-refractivity contribution in [3.63, 3.8) is 0 Å². The monoisotopic (exact) mass is 237 g/mol. The molecule has 2 rings (SSSR count). The van der Waals surface area contributed by atoms with E-state index in [2.05, 4.69) is 5.10 Å². The number of hydrogen-bond donors (Lipinski definition) is 1. The molecule has 1 fully saturated rings. The van der Waals surface area contributed by atoms with Crippen LogP contribution in [-0.2, 0) is 11.8 Å². The van der Waals surface area contributed by atoms with E-state index in [0.29, 0.717) is 25.2 Å². The number of aromatic nitrogens is 2. The Morgan fingerprint density at radius 2 is 2.24 bits per heavy atom. The lowest BCUT2D eigenvalue weighted by molar-refractivity contribution is -0.141. The van der Waals surface area contributed by atoms with Crippen molar-refractivity contribution < 1.29 is 14.7 Å². The highest BCUT2D eigenvalue weighted by molar-refractivity contribution is 5.93. The summed E-state index contributed by atoms with van der Waals surface area (Å²) >= 11 is 0. The molecule has 1 aromatic heterocycles. The second-order valence-corrected chi connectivity index (χ2v) is 4.37. The number of carboxylic acid groups (broad SMARTS) is 1. The summed E-state index contributed by atoms with van der Waals surface area (Å²) in [7, 11) is 1.71. The van der Waals surface area contributed by atoms with Gasteiger partial charge in [0.1, 0.15) is 5.69 Å². The van der Waals surface area contributed by atoms with Gasteiger partial charge in [-0.25, -0.2) is 0 Å². The fourth-order valence-electron chi connectivity index (χ4n) is 2.12. The van der Waals surface area contributed by atoms with Gasteiger partial charge in [0.05, 0.1) is 11.6 Å². The highest BCUT2D eigenvalue weighted by Crippen LogP contribution is 2.19. The van der Waals surface area contributed by atoms with Crippen LogP contribution in [0.1, 0.15) is 22.6 Å². The van der Waals surface area contributed by atoms with Gasteiger partial charge in [-0.1, -0.05) is 0 Å². The van der Waals surface area contributed by atoms with Gasteiger partial charge in [-0.3, -0.25) is 14.3 Å². The molecule has 0 unspecified atom stereocenters. The predicted molar refractivity (Wildman–Crippen MR) is 59.6 cm³/mol. The molecule has 1 atom stereocenters. The van der Waals surface area contributed by atoms with Crippen LogP contribution in [0.15, 0.2) is 6.07 Å². The van der Waals surface area contributed by atoms with E-state index in [0.717, 1.165) is 5.69 Å². The summed E-state index contributed by atoms with van der Waals surface area (Å²) in [6, 6.07) is 1.72. The van der Waals surface area contributed by atoms with Crippen molar-refractivity contribution in [3.05, 3.63) is 17.5 Å². The molecule has 1 saturated heterocycles. The minimum atomic E-state index is -0.832.